The Kier molecular flexibility index (Phi) is 4.49. The van der Waals surface area contributed by atoms with E-state index in [1.807, 2.05) is 32.0 Å². The molecule has 0 saturated carbocycles. The maximum Gasteiger partial charge on any atom is 0.303 e. The molecule has 0 radical (unpaired) electrons. The van der Waals surface area contributed by atoms with E-state index in [0.717, 1.165) is 15.6 Å². The van der Waals surface area contributed by atoms with E-state index in [4.69, 9.17) is 5.11 Å². The molecular weight excluding hydrogens is 324 g/mol. The average Bonchev–Trinajstić information content (AvgIpc) is 2.79. The van der Waals surface area contributed by atoms with Gasteiger partial charge in [0.05, 0.1) is 0 Å². The van der Waals surface area contributed by atoms with Crippen molar-refractivity contribution in [2.24, 2.45) is 5.92 Å². The van der Waals surface area contributed by atoms with Crippen molar-refractivity contribution in [3.05, 3.63) is 28.2 Å². The van der Waals surface area contributed by atoms with E-state index in [0.29, 0.717) is 12.4 Å². The molecule has 0 aliphatic carbocycles. The molecule has 6 nitrogen and oxygen atoms in total. The number of tetrazole rings is 1. The van der Waals surface area contributed by atoms with Gasteiger partial charge >= 0.3 is 5.97 Å². The van der Waals surface area contributed by atoms with Crippen molar-refractivity contribution < 1.29 is 9.90 Å². The summed E-state index contributed by atoms with van der Waals surface area (Å²) in [5.74, 6) is -0.200. The molecule has 1 unspecified atom stereocenters. The Hall–Kier alpha value is -1.76. The van der Waals surface area contributed by atoms with Crippen LogP contribution in [0.25, 0.3) is 11.4 Å². The standard InChI is InChI=1S/C13H15BrN4O2/c1-8(5-12(19)20)7-18-13(15-16-17-18)11-6-10(14)4-3-9(11)2/h3-4,6,8H,5,7H2,1-2H3,(H,19,20). The lowest BCUT2D eigenvalue weighted by molar-refractivity contribution is -0.138. The van der Waals surface area contributed by atoms with E-state index in [9.17, 15) is 4.79 Å². The number of rotatable bonds is 5. The molecule has 1 atom stereocenters. The number of benzene rings is 1. The normalized spacial score (nSPS) is 12.3. The van der Waals surface area contributed by atoms with Gasteiger partial charge in [0.1, 0.15) is 0 Å². The zero-order valence-corrected chi connectivity index (χ0v) is 12.8. The smallest absolute Gasteiger partial charge is 0.303 e. The fraction of sp³-hybridized carbons (Fsp3) is 0.385. The molecule has 7 heteroatoms. The van der Waals surface area contributed by atoms with Crippen molar-refractivity contribution in [3.63, 3.8) is 0 Å². The van der Waals surface area contributed by atoms with Gasteiger partial charge in [0, 0.05) is 23.0 Å². The number of aromatic nitrogens is 4. The van der Waals surface area contributed by atoms with Gasteiger partial charge in [-0.25, -0.2) is 4.68 Å². The second-order valence-electron chi connectivity index (χ2n) is 4.85. The number of nitrogens with zero attached hydrogens (tertiary/aromatic N) is 4. The van der Waals surface area contributed by atoms with Crippen LogP contribution in [0.5, 0.6) is 0 Å². The lowest BCUT2D eigenvalue weighted by atomic mass is 10.1. The van der Waals surface area contributed by atoms with Crippen LogP contribution in [0.1, 0.15) is 18.9 Å². The highest BCUT2D eigenvalue weighted by molar-refractivity contribution is 9.10. The van der Waals surface area contributed by atoms with Crippen LogP contribution in [0, 0.1) is 12.8 Å². The van der Waals surface area contributed by atoms with E-state index in [-0.39, 0.29) is 12.3 Å². The highest BCUT2D eigenvalue weighted by atomic mass is 79.9. The molecule has 0 bridgehead atoms. The molecule has 0 spiro atoms. The minimum atomic E-state index is -0.814. The molecule has 1 N–H and O–H groups in total. The second kappa shape index (κ2) is 6.13. The van der Waals surface area contributed by atoms with E-state index >= 15 is 0 Å². The molecule has 20 heavy (non-hydrogen) atoms. The topological polar surface area (TPSA) is 80.9 Å². The van der Waals surface area contributed by atoms with Crippen LogP contribution >= 0.6 is 15.9 Å². The van der Waals surface area contributed by atoms with Gasteiger partial charge in [0.15, 0.2) is 5.82 Å². The van der Waals surface area contributed by atoms with Crippen molar-refractivity contribution in [1.29, 1.82) is 0 Å². The third kappa shape index (κ3) is 3.41. The largest absolute Gasteiger partial charge is 0.481 e. The predicted octanol–water partition coefficient (Wildman–Crippen LogP) is 2.52. The fourth-order valence-corrected chi connectivity index (χ4v) is 2.37. The molecule has 2 aromatic rings. The van der Waals surface area contributed by atoms with Crippen LogP contribution in [-0.4, -0.2) is 31.3 Å². The Bertz CT molecular complexity index is 627. The number of hydrogen-bond acceptors (Lipinski definition) is 4. The number of halogens is 1. The molecule has 0 aliphatic rings. The van der Waals surface area contributed by atoms with Crippen LogP contribution < -0.4 is 0 Å². The van der Waals surface area contributed by atoms with Gasteiger partial charge in [-0.1, -0.05) is 28.9 Å². The molecule has 0 saturated heterocycles. The Labute approximate surface area is 124 Å². The SMILES string of the molecule is Cc1ccc(Br)cc1-c1nnnn1CC(C)CC(=O)O. The molecule has 0 fully saturated rings. The van der Waals surface area contributed by atoms with Crippen molar-refractivity contribution in [1.82, 2.24) is 20.2 Å². The number of aliphatic carboxylic acids is 1. The van der Waals surface area contributed by atoms with Crippen molar-refractivity contribution in [3.8, 4) is 11.4 Å². The third-order valence-corrected chi connectivity index (χ3v) is 3.47. The van der Waals surface area contributed by atoms with Crippen molar-refractivity contribution in [2.75, 3.05) is 0 Å². The summed E-state index contributed by atoms with van der Waals surface area (Å²) in [5, 5.41) is 20.5. The second-order valence-corrected chi connectivity index (χ2v) is 5.76. The summed E-state index contributed by atoms with van der Waals surface area (Å²) >= 11 is 3.43. The van der Waals surface area contributed by atoms with Crippen molar-refractivity contribution >= 4 is 21.9 Å². The van der Waals surface area contributed by atoms with Gasteiger partial charge in [-0.2, -0.15) is 0 Å². The van der Waals surface area contributed by atoms with E-state index in [1.54, 1.807) is 4.68 Å². The van der Waals surface area contributed by atoms with Crippen LogP contribution in [0.4, 0.5) is 0 Å². The zero-order valence-electron chi connectivity index (χ0n) is 11.2. The molecule has 106 valence electrons. The van der Waals surface area contributed by atoms with Crippen molar-refractivity contribution in [2.45, 2.75) is 26.8 Å². The van der Waals surface area contributed by atoms with Gasteiger partial charge < -0.3 is 5.11 Å². The Morgan fingerprint density at radius 1 is 1.50 bits per heavy atom. The number of carbonyl (C=O) groups is 1. The van der Waals surface area contributed by atoms with E-state index in [1.165, 1.54) is 0 Å². The van der Waals surface area contributed by atoms with Gasteiger partial charge in [-0.05, 0) is 41.0 Å². The minimum absolute atomic E-state index is 0.0396. The first-order valence-electron chi connectivity index (χ1n) is 6.22. The molecule has 1 aromatic carbocycles. The molecule has 1 aromatic heterocycles. The summed E-state index contributed by atoms with van der Waals surface area (Å²) in [5.41, 5.74) is 2.00. The number of hydrogen-bond donors (Lipinski definition) is 1. The summed E-state index contributed by atoms with van der Waals surface area (Å²) in [7, 11) is 0. The fourth-order valence-electron chi connectivity index (χ4n) is 2.01. The van der Waals surface area contributed by atoms with E-state index in [2.05, 4.69) is 31.5 Å². The van der Waals surface area contributed by atoms with Crippen LogP contribution in [0.15, 0.2) is 22.7 Å². The van der Waals surface area contributed by atoms with Gasteiger partial charge in [-0.15, -0.1) is 5.10 Å². The summed E-state index contributed by atoms with van der Waals surface area (Å²) in [6, 6.07) is 5.90. The van der Waals surface area contributed by atoms with Crippen LogP contribution in [0.3, 0.4) is 0 Å². The maximum absolute atomic E-state index is 10.7. The van der Waals surface area contributed by atoms with E-state index < -0.39 is 5.97 Å². The summed E-state index contributed by atoms with van der Waals surface area (Å²) < 4.78 is 2.61. The highest BCUT2D eigenvalue weighted by Crippen LogP contribution is 2.25. The Balaban J connectivity index is 2.28. The lowest BCUT2D eigenvalue weighted by Gasteiger charge is -2.11. The van der Waals surface area contributed by atoms with Gasteiger partial charge in [0.25, 0.3) is 0 Å². The first-order chi connectivity index (χ1) is 9.47. The van der Waals surface area contributed by atoms with Gasteiger partial charge in [-0.3, -0.25) is 4.79 Å². The molecule has 0 aliphatic heterocycles. The third-order valence-electron chi connectivity index (χ3n) is 2.98. The van der Waals surface area contributed by atoms with Crippen LogP contribution in [0.2, 0.25) is 0 Å². The quantitative estimate of drug-likeness (QED) is 0.905. The molecule has 0 amide bonds. The summed E-state index contributed by atoms with van der Waals surface area (Å²) in [6.45, 7) is 4.33. The summed E-state index contributed by atoms with van der Waals surface area (Å²) in [6.07, 6.45) is 0.0940. The zero-order chi connectivity index (χ0) is 14.7. The first-order valence-corrected chi connectivity index (χ1v) is 7.01. The first kappa shape index (κ1) is 14.6. The molecular formula is C13H15BrN4O2. The predicted molar refractivity (Wildman–Crippen MR) is 77.1 cm³/mol. The number of carboxylic acids is 1. The monoisotopic (exact) mass is 338 g/mol. The average molecular weight is 339 g/mol. The highest BCUT2D eigenvalue weighted by Gasteiger charge is 2.15. The van der Waals surface area contributed by atoms with Crippen LogP contribution in [-0.2, 0) is 11.3 Å². The minimum Gasteiger partial charge on any atom is -0.481 e. The molecule has 2 rings (SSSR count). The molecule has 1 heterocycles. The Morgan fingerprint density at radius 3 is 2.95 bits per heavy atom. The lowest BCUT2D eigenvalue weighted by Crippen LogP contribution is -2.14. The van der Waals surface area contributed by atoms with Gasteiger partial charge in [0.2, 0.25) is 0 Å². The Morgan fingerprint density at radius 2 is 2.25 bits per heavy atom. The summed E-state index contributed by atoms with van der Waals surface area (Å²) in [4.78, 5) is 10.7. The number of carboxylic acid groups (broad SMARTS) is 1. The number of aryl methyl sites for hydroxylation is 1. The maximum atomic E-state index is 10.7.